The number of unbranched alkanes of at least 4 members (excludes halogenated alkanes) is 5. The fraction of sp³-hybridized carbons (Fsp3) is 0.385. The summed E-state index contributed by atoms with van der Waals surface area (Å²) in [6, 6.07) is 10.0. The minimum absolute atomic E-state index is 0.144. The average molecular weight is 416 g/mol. The molecule has 0 aliphatic heterocycles. The molecule has 1 N–H and O–H groups in total. The van der Waals surface area contributed by atoms with E-state index in [0.29, 0.717) is 6.61 Å². The molecular weight excluding hydrogens is 374 g/mol. The van der Waals surface area contributed by atoms with E-state index in [2.05, 4.69) is 38.6 Å². The van der Waals surface area contributed by atoms with Gasteiger partial charge in [0.15, 0.2) is 0 Å². The molecule has 0 fully saturated rings. The van der Waals surface area contributed by atoms with E-state index in [-0.39, 0.29) is 11.9 Å². The zero-order valence-corrected chi connectivity index (χ0v) is 19.2. The van der Waals surface area contributed by atoms with Crippen molar-refractivity contribution in [1.82, 2.24) is 5.32 Å². The average Bonchev–Trinajstić information content (AvgIpc) is 2.79. The van der Waals surface area contributed by atoms with Crippen LogP contribution in [0.1, 0.15) is 57.9 Å². The summed E-state index contributed by atoms with van der Waals surface area (Å²) in [5.41, 5.74) is 1.17. The summed E-state index contributed by atoms with van der Waals surface area (Å²) < 4.78 is 4.84. The maximum atomic E-state index is 10.6. The van der Waals surface area contributed by atoms with Crippen molar-refractivity contribution in [2.24, 2.45) is 0 Å². The SMILES string of the molecule is C=CC.C=CC(=O)NC.C=CC(=O)OCCCCCCCC.C=Cc1ccccc1. The molecule has 4 nitrogen and oxygen atoms in total. The Kier molecular flexibility index (Phi) is 30.0. The van der Waals surface area contributed by atoms with E-state index in [4.69, 9.17) is 4.74 Å². The molecule has 0 aliphatic rings. The smallest absolute Gasteiger partial charge is 0.330 e. The quantitative estimate of drug-likeness (QED) is 0.205. The lowest BCUT2D eigenvalue weighted by Gasteiger charge is -2.01. The lowest BCUT2D eigenvalue weighted by Crippen LogP contribution is -2.13. The predicted octanol–water partition coefficient (Wildman–Crippen LogP) is 6.52. The van der Waals surface area contributed by atoms with E-state index in [1.807, 2.05) is 43.3 Å². The molecule has 0 aliphatic carbocycles. The Morgan fingerprint density at radius 2 is 1.47 bits per heavy atom. The highest BCUT2D eigenvalue weighted by Crippen LogP contribution is 2.04. The molecule has 0 spiro atoms. The highest BCUT2D eigenvalue weighted by molar-refractivity contribution is 5.86. The van der Waals surface area contributed by atoms with Crippen LogP contribution in [0.4, 0.5) is 0 Å². The van der Waals surface area contributed by atoms with Gasteiger partial charge in [-0.1, -0.05) is 101 Å². The second kappa shape index (κ2) is 28.3. The Bertz CT molecular complexity index is 565. The summed E-state index contributed by atoms with van der Waals surface area (Å²) >= 11 is 0. The highest BCUT2D eigenvalue weighted by atomic mass is 16.5. The Labute approximate surface area is 184 Å². The zero-order valence-electron chi connectivity index (χ0n) is 19.2. The number of amides is 1. The summed E-state index contributed by atoms with van der Waals surface area (Å²) in [5.74, 6) is -0.455. The topological polar surface area (TPSA) is 55.4 Å². The summed E-state index contributed by atoms with van der Waals surface area (Å²) in [7, 11) is 1.56. The van der Waals surface area contributed by atoms with E-state index in [1.165, 1.54) is 43.4 Å². The van der Waals surface area contributed by atoms with Gasteiger partial charge in [0.1, 0.15) is 0 Å². The molecular formula is C26H41NO3. The molecule has 30 heavy (non-hydrogen) atoms. The van der Waals surface area contributed by atoms with Crippen LogP contribution in [-0.4, -0.2) is 25.5 Å². The Morgan fingerprint density at radius 1 is 0.933 bits per heavy atom. The van der Waals surface area contributed by atoms with Crippen LogP contribution in [0.3, 0.4) is 0 Å². The van der Waals surface area contributed by atoms with Crippen molar-refractivity contribution in [1.29, 1.82) is 0 Å². The second-order valence-corrected chi connectivity index (χ2v) is 5.98. The maximum absolute atomic E-state index is 10.6. The van der Waals surface area contributed by atoms with Crippen LogP contribution in [0, 0.1) is 0 Å². The van der Waals surface area contributed by atoms with Gasteiger partial charge in [-0.05, 0) is 25.0 Å². The Morgan fingerprint density at radius 3 is 1.83 bits per heavy atom. The molecule has 0 radical (unpaired) electrons. The van der Waals surface area contributed by atoms with Crippen LogP contribution in [0.15, 0.2) is 74.9 Å². The van der Waals surface area contributed by atoms with Crippen molar-refractivity contribution >= 4 is 18.0 Å². The minimum Gasteiger partial charge on any atom is -0.463 e. The first-order valence-corrected chi connectivity index (χ1v) is 10.3. The number of hydrogen-bond acceptors (Lipinski definition) is 3. The van der Waals surface area contributed by atoms with Gasteiger partial charge >= 0.3 is 5.97 Å². The van der Waals surface area contributed by atoms with Gasteiger partial charge in [-0.2, -0.15) is 0 Å². The number of carbonyl (C=O) groups is 2. The van der Waals surface area contributed by atoms with Gasteiger partial charge in [-0.25, -0.2) is 4.79 Å². The molecule has 1 aromatic rings. The largest absolute Gasteiger partial charge is 0.463 e. The molecule has 1 amide bonds. The van der Waals surface area contributed by atoms with Gasteiger partial charge in [0.05, 0.1) is 6.61 Å². The van der Waals surface area contributed by atoms with Crippen LogP contribution in [0.2, 0.25) is 0 Å². The van der Waals surface area contributed by atoms with Crippen molar-refractivity contribution in [3.63, 3.8) is 0 Å². The summed E-state index contributed by atoms with van der Waals surface area (Å²) in [6.45, 7) is 18.2. The molecule has 168 valence electrons. The standard InChI is InChI=1S/C11H20O2.C8H8.C4H7NO.C3H6/c1-3-5-6-7-8-9-10-13-11(12)4-2;1-2-8-6-4-3-5-7-8;1-3-4(6)5-2;1-3-2/h4H,2-3,5-10H2,1H3;2-7H,1H2;3H,1H2,2H3,(H,5,6);3H,1H2,2H3. The predicted molar refractivity (Wildman–Crippen MR) is 131 cm³/mol. The summed E-state index contributed by atoms with van der Waals surface area (Å²) in [5, 5.41) is 2.36. The lowest BCUT2D eigenvalue weighted by molar-refractivity contribution is -0.137. The van der Waals surface area contributed by atoms with E-state index >= 15 is 0 Å². The normalized spacial score (nSPS) is 8.23. The van der Waals surface area contributed by atoms with E-state index in [9.17, 15) is 9.59 Å². The second-order valence-electron chi connectivity index (χ2n) is 5.98. The number of likely N-dealkylation sites (N-methyl/N-ethyl adjacent to an activating group) is 1. The van der Waals surface area contributed by atoms with Gasteiger partial charge in [-0.15, -0.1) is 6.58 Å². The maximum Gasteiger partial charge on any atom is 0.330 e. The van der Waals surface area contributed by atoms with Gasteiger partial charge in [-0.3, -0.25) is 4.79 Å². The molecule has 0 aromatic heterocycles. The van der Waals surface area contributed by atoms with Crippen molar-refractivity contribution < 1.29 is 14.3 Å². The van der Waals surface area contributed by atoms with Gasteiger partial charge in [0.25, 0.3) is 0 Å². The number of allylic oxidation sites excluding steroid dienone is 1. The number of rotatable bonds is 10. The van der Waals surface area contributed by atoms with Crippen LogP contribution < -0.4 is 5.32 Å². The molecule has 0 heterocycles. The first-order valence-electron chi connectivity index (χ1n) is 10.3. The molecule has 0 bridgehead atoms. The third-order valence-corrected chi connectivity index (χ3v) is 3.38. The van der Waals surface area contributed by atoms with E-state index < -0.39 is 0 Å². The first-order chi connectivity index (χ1) is 14.5. The van der Waals surface area contributed by atoms with Crippen LogP contribution in [0.5, 0.6) is 0 Å². The van der Waals surface area contributed by atoms with E-state index in [0.717, 1.165) is 12.8 Å². The number of esters is 1. The van der Waals surface area contributed by atoms with Crippen molar-refractivity contribution in [3.8, 4) is 0 Å². The number of benzene rings is 1. The number of nitrogens with one attached hydrogen (secondary N) is 1. The molecule has 4 heteroatoms. The number of ether oxygens (including phenoxy) is 1. The molecule has 1 rings (SSSR count). The van der Waals surface area contributed by atoms with Crippen LogP contribution in [-0.2, 0) is 14.3 Å². The van der Waals surface area contributed by atoms with Crippen molar-refractivity contribution in [3.05, 3.63) is 80.4 Å². The monoisotopic (exact) mass is 415 g/mol. The molecule has 0 saturated carbocycles. The van der Waals surface area contributed by atoms with E-state index in [1.54, 1.807) is 13.1 Å². The minimum atomic E-state index is -0.312. The third kappa shape index (κ3) is 29.9. The van der Waals surface area contributed by atoms with Crippen LogP contribution >= 0.6 is 0 Å². The van der Waals surface area contributed by atoms with Crippen LogP contribution in [0.25, 0.3) is 6.08 Å². The van der Waals surface area contributed by atoms with Gasteiger partial charge < -0.3 is 10.1 Å². The molecule has 1 aromatic carbocycles. The fourth-order valence-corrected chi connectivity index (χ4v) is 1.81. The molecule has 0 saturated heterocycles. The van der Waals surface area contributed by atoms with Gasteiger partial charge in [0, 0.05) is 13.1 Å². The summed E-state index contributed by atoms with van der Waals surface area (Å²) in [4.78, 5) is 20.6. The van der Waals surface area contributed by atoms with Crippen molar-refractivity contribution in [2.45, 2.75) is 52.4 Å². The first kappa shape index (κ1) is 31.8. The van der Waals surface area contributed by atoms with Gasteiger partial charge in [0.2, 0.25) is 5.91 Å². The summed E-state index contributed by atoms with van der Waals surface area (Å²) in [6.07, 6.45) is 13.3. The lowest BCUT2D eigenvalue weighted by atomic mass is 10.1. The molecule has 0 unspecified atom stereocenters. The zero-order chi connectivity index (χ0) is 23.5. The number of carbonyl (C=O) groups excluding carboxylic acids is 2. The highest BCUT2D eigenvalue weighted by Gasteiger charge is 1.94. The Hall–Kier alpha value is -2.88. The Balaban J connectivity index is -0.000000365. The number of hydrogen-bond donors (Lipinski definition) is 1. The van der Waals surface area contributed by atoms with Crippen molar-refractivity contribution in [2.75, 3.05) is 13.7 Å². The fourth-order valence-electron chi connectivity index (χ4n) is 1.81. The third-order valence-electron chi connectivity index (χ3n) is 3.38. The molecule has 0 atom stereocenters.